The average molecular weight is 315 g/mol. The lowest BCUT2D eigenvalue weighted by Crippen LogP contribution is -2.46. The fourth-order valence-corrected chi connectivity index (χ4v) is 2.74. The number of benzene rings is 1. The highest BCUT2D eigenvalue weighted by Crippen LogP contribution is 2.15. The number of rotatable bonds is 8. The van der Waals surface area contributed by atoms with E-state index in [-0.39, 0.29) is 0 Å². The van der Waals surface area contributed by atoms with Gasteiger partial charge in [0.05, 0.1) is 12.7 Å². The smallest absolute Gasteiger partial charge is 0.119 e. The number of hydrogen-bond acceptors (Lipinski definition) is 4. The second-order valence-electron chi connectivity index (χ2n) is 6.70. The third-order valence-corrected chi connectivity index (χ3v) is 4.30. The number of nitrogens with zero attached hydrogens (tertiary/aromatic N) is 3. The maximum absolute atomic E-state index is 8.65. The van der Waals surface area contributed by atoms with E-state index in [2.05, 4.69) is 54.0 Å². The summed E-state index contributed by atoms with van der Waals surface area (Å²) in [6, 6.07) is 10.7. The van der Waals surface area contributed by atoms with Gasteiger partial charge in [0.1, 0.15) is 5.75 Å². The quantitative estimate of drug-likeness (QED) is 0.739. The molecule has 0 radical (unpaired) electrons. The van der Waals surface area contributed by atoms with E-state index in [1.165, 1.54) is 5.56 Å². The zero-order valence-electron chi connectivity index (χ0n) is 14.5. The summed E-state index contributed by atoms with van der Waals surface area (Å²) in [5, 5.41) is 8.65. The number of ether oxygens (including phenoxy) is 1. The van der Waals surface area contributed by atoms with Crippen LogP contribution >= 0.6 is 0 Å². The van der Waals surface area contributed by atoms with Crippen LogP contribution in [0.15, 0.2) is 24.3 Å². The van der Waals surface area contributed by atoms with Gasteiger partial charge in [-0.3, -0.25) is 9.80 Å². The van der Waals surface area contributed by atoms with Crippen molar-refractivity contribution in [3.05, 3.63) is 29.8 Å². The molecular weight excluding hydrogens is 286 g/mol. The second kappa shape index (κ2) is 9.54. The summed E-state index contributed by atoms with van der Waals surface area (Å²) >= 11 is 0. The van der Waals surface area contributed by atoms with Crippen LogP contribution in [0, 0.1) is 17.2 Å². The highest BCUT2D eigenvalue weighted by atomic mass is 16.5. The van der Waals surface area contributed by atoms with Crippen molar-refractivity contribution in [3.8, 4) is 11.8 Å². The minimum atomic E-state index is 0.637. The predicted octanol–water partition coefficient (Wildman–Crippen LogP) is 3.14. The topological polar surface area (TPSA) is 39.5 Å². The molecule has 0 unspecified atom stereocenters. The van der Waals surface area contributed by atoms with E-state index in [4.69, 9.17) is 10.00 Å². The molecule has 0 bridgehead atoms. The molecule has 1 fully saturated rings. The van der Waals surface area contributed by atoms with Gasteiger partial charge in [-0.15, -0.1) is 0 Å². The molecular formula is C19H29N3O. The first kappa shape index (κ1) is 17.8. The van der Waals surface area contributed by atoms with Crippen LogP contribution in [0.25, 0.3) is 0 Å². The van der Waals surface area contributed by atoms with Gasteiger partial charge in [-0.25, -0.2) is 0 Å². The van der Waals surface area contributed by atoms with Gasteiger partial charge in [0.25, 0.3) is 0 Å². The van der Waals surface area contributed by atoms with E-state index in [9.17, 15) is 0 Å². The number of hydrogen-bond donors (Lipinski definition) is 0. The molecule has 1 aliphatic heterocycles. The largest absolute Gasteiger partial charge is 0.494 e. The average Bonchev–Trinajstić information content (AvgIpc) is 2.55. The highest BCUT2D eigenvalue weighted by Gasteiger charge is 2.16. The molecule has 1 aliphatic rings. The lowest BCUT2D eigenvalue weighted by atomic mass is 10.1. The monoisotopic (exact) mass is 315 g/mol. The van der Waals surface area contributed by atoms with Gasteiger partial charge in [-0.05, 0) is 30.0 Å². The van der Waals surface area contributed by atoms with Crippen molar-refractivity contribution >= 4 is 0 Å². The molecule has 1 heterocycles. The summed E-state index contributed by atoms with van der Waals surface area (Å²) in [5.74, 6) is 1.65. The Morgan fingerprint density at radius 3 is 2.35 bits per heavy atom. The van der Waals surface area contributed by atoms with Crippen LogP contribution < -0.4 is 4.74 Å². The minimum Gasteiger partial charge on any atom is -0.494 e. The van der Waals surface area contributed by atoms with Crippen molar-refractivity contribution in [2.75, 3.05) is 39.3 Å². The Morgan fingerprint density at radius 2 is 1.74 bits per heavy atom. The zero-order valence-corrected chi connectivity index (χ0v) is 14.5. The van der Waals surface area contributed by atoms with Crippen molar-refractivity contribution in [1.82, 2.24) is 9.80 Å². The van der Waals surface area contributed by atoms with E-state index in [1.54, 1.807) is 0 Å². The first-order valence-electron chi connectivity index (χ1n) is 8.71. The normalized spacial score (nSPS) is 16.4. The van der Waals surface area contributed by atoms with Crippen LogP contribution in [0.4, 0.5) is 0 Å². The van der Waals surface area contributed by atoms with E-state index in [0.717, 1.165) is 58.0 Å². The summed E-state index contributed by atoms with van der Waals surface area (Å²) in [7, 11) is 0. The molecule has 0 saturated carbocycles. The first-order valence-corrected chi connectivity index (χ1v) is 8.71. The molecule has 0 aliphatic carbocycles. The molecule has 0 N–H and O–H groups in total. The molecule has 4 heteroatoms. The molecule has 1 saturated heterocycles. The van der Waals surface area contributed by atoms with Crippen LogP contribution in [-0.2, 0) is 6.54 Å². The standard InChI is InChI=1S/C19H29N3O/c1-17(2)8-15-23-19-6-4-18(5-7-19)16-22-13-11-21(12-14-22)10-3-9-20/h4-7,17H,3,8,10-16H2,1-2H3. The van der Waals surface area contributed by atoms with Crippen LogP contribution in [-0.4, -0.2) is 49.1 Å². The Morgan fingerprint density at radius 1 is 1.09 bits per heavy atom. The summed E-state index contributed by atoms with van der Waals surface area (Å²) in [4.78, 5) is 4.86. The fourth-order valence-electron chi connectivity index (χ4n) is 2.74. The Balaban J connectivity index is 1.71. The third kappa shape index (κ3) is 6.60. The van der Waals surface area contributed by atoms with Crippen molar-refractivity contribution in [2.45, 2.75) is 33.2 Å². The highest BCUT2D eigenvalue weighted by molar-refractivity contribution is 5.27. The van der Waals surface area contributed by atoms with Crippen molar-refractivity contribution in [1.29, 1.82) is 5.26 Å². The van der Waals surface area contributed by atoms with E-state index in [1.807, 2.05) is 0 Å². The Kier molecular flexibility index (Phi) is 7.38. The molecule has 2 rings (SSSR count). The molecule has 126 valence electrons. The molecule has 4 nitrogen and oxygen atoms in total. The van der Waals surface area contributed by atoms with Crippen LogP contribution in [0.1, 0.15) is 32.3 Å². The van der Waals surface area contributed by atoms with Gasteiger partial charge in [0.15, 0.2) is 0 Å². The third-order valence-electron chi connectivity index (χ3n) is 4.30. The summed E-state index contributed by atoms with van der Waals surface area (Å²) < 4.78 is 5.77. The van der Waals surface area contributed by atoms with E-state index in [0.29, 0.717) is 12.3 Å². The van der Waals surface area contributed by atoms with E-state index < -0.39 is 0 Å². The number of nitriles is 1. The molecule has 0 aromatic heterocycles. The molecule has 1 aromatic carbocycles. The van der Waals surface area contributed by atoms with Gasteiger partial charge in [-0.1, -0.05) is 26.0 Å². The van der Waals surface area contributed by atoms with Crippen molar-refractivity contribution in [3.63, 3.8) is 0 Å². The maximum atomic E-state index is 8.65. The fraction of sp³-hybridized carbons (Fsp3) is 0.632. The lowest BCUT2D eigenvalue weighted by Gasteiger charge is -2.34. The van der Waals surface area contributed by atoms with Crippen LogP contribution in [0.3, 0.4) is 0 Å². The number of piperazine rings is 1. The molecule has 23 heavy (non-hydrogen) atoms. The predicted molar refractivity (Wildman–Crippen MR) is 93.3 cm³/mol. The second-order valence-corrected chi connectivity index (χ2v) is 6.70. The maximum Gasteiger partial charge on any atom is 0.119 e. The van der Waals surface area contributed by atoms with Crippen molar-refractivity contribution in [2.24, 2.45) is 5.92 Å². The molecule has 0 atom stereocenters. The SMILES string of the molecule is CC(C)CCOc1ccc(CN2CCN(CCC#N)CC2)cc1. The lowest BCUT2D eigenvalue weighted by molar-refractivity contribution is 0.129. The van der Waals surface area contributed by atoms with Gasteiger partial charge in [0, 0.05) is 45.7 Å². The first-order chi connectivity index (χ1) is 11.2. The minimum absolute atomic E-state index is 0.637. The summed E-state index contributed by atoms with van der Waals surface area (Å²) in [6.45, 7) is 11.4. The van der Waals surface area contributed by atoms with E-state index >= 15 is 0 Å². The van der Waals surface area contributed by atoms with Gasteiger partial charge >= 0.3 is 0 Å². The van der Waals surface area contributed by atoms with Gasteiger partial charge < -0.3 is 4.74 Å². The molecule has 0 spiro atoms. The van der Waals surface area contributed by atoms with Crippen LogP contribution in [0.5, 0.6) is 5.75 Å². The summed E-state index contributed by atoms with van der Waals surface area (Å²) in [6.07, 6.45) is 1.73. The van der Waals surface area contributed by atoms with Gasteiger partial charge in [0.2, 0.25) is 0 Å². The molecule has 1 aromatic rings. The van der Waals surface area contributed by atoms with Crippen LogP contribution in [0.2, 0.25) is 0 Å². The van der Waals surface area contributed by atoms with Gasteiger partial charge in [-0.2, -0.15) is 5.26 Å². The molecule has 0 amide bonds. The van der Waals surface area contributed by atoms with Crippen molar-refractivity contribution < 1.29 is 4.74 Å². The summed E-state index contributed by atoms with van der Waals surface area (Å²) in [5.41, 5.74) is 1.34. The Hall–Kier alpha value is -1.57. The Labute approximate surface area is 140 Å². The Bertz CT molecular complexity index is 484. The zero-order chi connectivity index (χ0) is 16.5.